The van der Waals surface area contributed by atoms with Crippen molar-refractivity contribution in [3.05, 3.63) is 39.3 Å². The highest BCUT2D eigenvalue weighted by molar-refractivity contribution is 6.56. The van der Waals surface area contributed by atoms with Gasteiger partial charge in [-0.05, 0) is 45.3 Å². The predicted octanol–water partition coefficient (Wildman–Crippen LogP) is 4.14. The first-order valence-electron chi connectivity index (χ1n) is 7.78. The Hall–Kier alpha value is -1.01. The van der Waals surface area contributed by atoms with Gasteiger partial charge in [0.25, 0.3) is 0 Å². The number of halogens is 2. The zero-order valence-electron chi connectivity index (χ0n) is 14.6. The smallest absolute Gasteiger partial charge is 0.400 e. The van der Waals surface area contributed by atoms with Gasteiger partial charge in [0.15, 0.2) is 0 Å². The van der Waals surface area contributed by atoms with Crippen LogP contribution in [-0.4, -0.2) is 30.8 Å². The molecule has 1 amide bonds. The van der Waals surface area contributed by atoms with Gasteiger partial charge in [0.1, 0.15) is 0 Å². The Morgan fingerprint density at radius 2 is 1.67 bits per heavy atom. The number of hydrogen-bond donors (Lipinski definition) is 1. The molecule has 0 unspecified atom stereocenters. The number of hydrogen-bond acceptors (Lipinski definition) is 3. The van der Waals surface area contributed by atoms with Crippen LogP contribution in [0.2, 0.25) is 10.0 Å². The lowest BCUT2D eigenvalue weighted by Gasteiger charge is -2.32. The van der Waals surface area contributed by atoms with Gasteiger partial charge < -0.3 is 14.6 Å². The third-order valence-corrected chi connectivity index (χ3v) is 5.09. The molecule has 7 heteroatoms. The number of rotatable bonds is 4. The maximum atomic E-state index is 11.3. The predicted molar refractivity (Wildman–Crippen MR) is 99.2 cm³/mol. The highest BCUT2D eigenvalue weighted by Gasteiger charge is 2.52. The van der Waals surface area contributed by atoms with Crippen LogP contribution in [0.25, 0.3) is 6.08 Å². The number of carbonyl (C=O) groups excluding carboxylic acids is 1. The molecule has 1 fully saturated rings. The van der Waals surface area contributed by atoms with Crippen LogP contribution in [0.15, 0.2) is 23.7 Å². The third kappa shape index (κ3) is 4.15. The first-order chi connectivity index (χ1) is 11.0. The average molecular weight is 370 g/mol. The van der Waals surface area contributed by atoms with Crippen LogP contribution in [0.1, 0.15) is 40.2 Å². The molecule has 1 saturated heterocycles. The standard InChI is InChI=1S/C17H22BCl2NO3/c1-11(22)21-10-12(9-13-14(19)7-6-8-15(13)20)18-23-16(2,3)17(4,5)24-18/h6-9H,10H2,1-5H3,(H,21,22). The second-order valence-electron chi connectivity index (χ2n) is 6.85. The summed E-state index contributed by atoms with van der Waals surface area (Å²) in [6, 6.07) is 5.31. The van der Waals surface area contributed by atoms with E-state index in [4.69, 9.17) is 32.5 Å². The zero-order chi connectivity index (χ0) is 18.1. The van der Waals surface area contributed by atoms with Crippen LogP contribution in [0.4, 0.5) is 0 Å². The molecule has 1 aliphatic heterocycles. The summed E-state index contributed by atoms with van der Waals surface area (Å²) in [7, 11) is -0.589. The summed E-state index contributed by atoms with van der Waals surface area (Å²) < 4.78 is 12.2. The van der Waals surface area contributed by atoms with E-state index in [-0.39, 0.29) is 12.5 Å². The molecule has 1 aromatic carbocycles. The van der Waals surface area contributed by atoms with Gasteiger partial charge in [0.2, 0.25) is 5.91 Å². The van der Waals surface area contributed by atoms with E-state index in [2.05, 4.69) is 5.32 Å². The minimum Gasteiger partial charge on any atom is -0.400 e. The molecule has 0 aliphatic carbocycles. The molecule has 2 rings (SSSR count). The molecule has 24 heavy (non-hydrogen) atoms. The van der Waals surface area contributed by atoms with Crippen molar-refractivity contribution in [3.63, 3.8) is 0 Å². The van der Waals surface area contributed by atoms with Crippen LogP contribution >= 0.6 is 23.2 Å². The third-order valence-electron chi connectivity index (χ3n) is 4.43. The van der Waals surface area contributed by atoms with Crippen molar-refractivity contribution in [3.8, 4) is 0 Å². The topological polar surface area (TPSA) is 47.6 Å². The van der Waals surface area contributed by atoms with Crippen LogP contribution in [0.5, 0.6) is 0 Å². The van der Waals surface area contributed by atoms with Gasteiger partial charge in [-0.2, -0.15) is 0 Å². The lowest BCUT2D eigenvalue weighted by Crippen LogP contribution is -2.41. The normalized spacial score (nSPS) is 19.5. The van der Waals surface area contributed by atoms with Crippen LogP contribution in [0, 0.1) is 0 Å². The van der Waals surface area contributed by atoms with E-state index in [1.54, 1.807) is 18.2 Å². The van der Waals surface area contributed by atoms with Crippen molar-refractivity contribution in [1.82, 2.24) is 5.32 Å². The van der Waals surface area contributed by atoms with Gasteiger partial charge in [-0.3, -0.25) is 4.79 Å². The van der Waals surface area contributed by atoms with Gasteiger partial charge in [0.05, 0.1) is 11.2 Å². The zero-order valence-corrected chi connectivity index (χ0v) is 16.1. The summed E-state index contributed by atoms with van der Waals surface area (Å²) in [6.45, 7) is 9.66. The quantitative estimate of drug-likeness (QED) is 0.811. The van der Waals surface area contributed by atoms with Crippen molar-refractivity contribution >= 4 is 42.3 Å². The molecule has 130 valence electrons. The Labute approximate surface area is 153 Å². The van der Waals surface area contributed by atoms with E-state index in [0.717, 1.165) is 5.47 Å². The van der Waals surface area contributed by atoms with Crippen molar-refractivity contribution < 1.29 is 14.1 Å². The van der Waals surface area contributed by atoms with Crippen LogP contribution < -0.4 is 5.32 Å². The molecular weight excluding hydrogens is 348 g/mol. The lowest BCUT2D eigenvalue weighted by molar-refractivity contribution is -0.118. The van der Waals surface area contributed by atoms with Crippen molar-refractivity contribution in [2.75, 3.05) is 6.54 Å². The van der Waals surface area contributed by atoms with E-state index >= 15 is 0 Å². The molecule has 0 atom stereocenters. The van der Waals surface area contributed by atoms with Crippen LogP contribution in [0.3, 0.4) is 0 Å². The number of carbonyl (C=O) groups is 1. The largest absolute Gasteiger partial charge is 0.492 e. The Morgan fingerprint density at radius 3 is 2.12 bits per heavy atom. The highest BCUT2D eigenvalue weighted by Crippen LogP contribution is 2.39. The molecule has 1 N–H and O–H groups in total. The van der Waals surface area contributed by atoms with E-state index in [1.807, 2.05) is 33.8 Å². The maximum Gasteiger partial charge on any atom is 0.492 e. The number of amides is 1. The second-order valence-corrected chi connectivity index (χ2v) is 7.67. The van der Waals surface area contributed by atoms with Crippen molar-refractivity contribution in [2.45, 2.75) is 45.8 Å². The minimum atomic E-state index is -0.589. The molecule has 0 radical (unpaired) electrons. The first-order valence-corrected chi connectivity index (χ1v) is 8.53. The van der Waals surface area contributed by atoms with Gasteiger partial charge in [0, 0.05) is 29.1 Å². The monoisotopic (exact) mass is 369 g/mol. The summed E-state index contributed by atoms with van der Waals surface area (Å²) in [6.07, 6.45) is 1.82. The molecule has 1 aliphatic rings. The Kier molecular flexibility index (Phi) is 5.70. The van der Waals surface area contributed by atoms with Crippen molar-refractivity contribution in [2.24, 2.45) is 0 Å². The second kappa shape index (κ2) is 7.08. The number of benzene rings is 1. The summed E-state index contributed by atoms with van der Waals surface area (Å²) in [4.78, 5) is 11.3. The Bertz CT molecular complexity index is 638. The number of nitrogens with one attached hydrogen (secondary N) is 1. The summed E-state index contributed by atoms with van der Waals surface area (Å²) in [5.74, 6) is -0.136. The lowest BCUT2D eigenvalue weighted by atomic mass is 9.77. The fourth-order valence-electron chi connectivity index (χ4n) is 2.26. The minimum absolute atomic E-state index is 0.136. The van der Waals surface area contributed by atoms with E-state index in [9.17, 15) is 4.79 Å². The van der Waals surface area contributed by atoms with Crippen molar-refractivity contribution in [1.29, 1.82) is 0 Å². The van der Waals surface area contributed by atoms with E-state index < -0.39 is 18.3 Å². The molecule has 0 spiro atoms. The Morgan fingerprint density at radius 1 is 1.17 bits per heavy atom. The molecular formula is C17H22BCl2NO3. The fourth-order valence-corrected chi connectivity index (χ4v) is 2.76. The average Bonchev–Trinajstić information content (AvgIpc) is 2.65. The highest BCUT2D eigenvalue weighted by atomic mass is 35.5. The maximum absolute atomic E-state index is 11.3. The molecule has 0 bridgehead atoms. The van der Waals surface area contributed by atoms with Gasteiger partial charge in [-0.25, -0.2) is 0 Å². The summed E-state index contributed by atoms with van der Waals surface area (Å²) in [5.41, 5.74) is 0.476. The first kappa shape index (κ1) is 19.3. The molecule has 4 nitrogen and oxygen atoms in total. The molecule has 1 aromatic rings. The van der Waals surface area contributed by atoms with Gasteiger partial charge in [-0.15, -0.1) is 0 Å². The van der Waals surface area contributed by atoms with Gasteiger partial charge in [-0.1, -0.05) is 35.3 Å². The van der Waals surface area contributed by atoms with Crippen LogP contribution in [-0.2, 0) is 14.1 Å². The van der Waals surface area contributed by atoms with E-state index in [0.29, 0.717) is 15.6 Å². The summed E-state index contributed by atoms with van der Waals surface area (Å²) in [5, 5.41) is 3.84. The summed E-state index contributed by atoms with van der Waals surface area (Å²) >= 11 is 12.5. The molecule has 0 saturated carbocycles. The fraction of sp³-hybridized carbons (Fsp3) is 0.471. The van der Waals surface area contributed by atoms with Gasteiger partial charge >= 0.3 is 7.12 Å². The Balaban J connectivity index is 2.39. The molecule has 0 aromatic heterocycles. The van der Waals surface area contributed by atoms with E-state index in [1.165, 1.54) is 6.92 Å². The molecule has 1 heterocycles. The SMILES string of the molecule is CC(=O)NCC(=Cc1c(Cl)cccc1Cl)B1OC(C)(C)C(C)(C)O1.